The highest BCUT2D eigenvalue weighted by Crippen LogP contribution is 2.45. The van der Waals surface area contributed by atoms with Crippen molar-refractivity contribution in [2.45, 2.75) is 102 Å². The molecule has 0 aliphatic heterocycles. The summed E-state index contributed by atoms with van der Waals surface area (Å²) in [6, 6.07) is 1.13. The quantitative estimate of drug-likeness (QED) is 0.148. The van der Waals surface area contributed by atoms with E-state index in [-0.39, 0.29) is 10.3 Å². The summed E-state index contributed by atoms with van der Waals surface area (Å²) in [5.74, 6) is 0. The van der Waals surface area contributed by atoms with Crippen molar-refractivity contribution in [3.8, 4) is 0 Å². The molecule has 2 unspecified atom stereocenters. The Bertz CT molecular complexity index is 475. The van der Waals surface area contributed by atoms with Crippen molar-refractivity contribution >= 4 is 16.4 Å². The number of aliphatic hydroxyl groups is 2. The van der Waals surface area contributed by atoms with Crippen molar-refractivity contribution in [3.63, 3.8) is 0 Å². The molecule has 0 aliphatic carbocycles. The number of nitrogens with one attached hydrogen (secondary N) is 2. The maximum absolute atomic E-state index is 9.76. The van der Waals surface area contributed by atoms with E-state index in [1.54, 1.807) is 0 Å². The van der Waals surface area contributed by atoms with Gasteiger partial charge in [0.25, 0.3) is 0 Å². The molecule has 0 amide bonds. The second-order valence-corrected chi connectivity index (χ2v) is 21.7. The molecule has 9 heteroatoms. The topological polar surface area (TPSA) is 92.2 Å². The predicted octanol–water partition coefficient (Wildman–Crippen LogP) is 3.38. The molecule has 0 spiro atoms. The van der Waals surface area contributed by atoms with E-state index in [0.29, 0.717) is 39.5 Å². The third-order valence-corrected chi connectivity index (χ3v) is 17.2. The Morgan fingerprint density at radius 2 is 1.24 bits per heavy atom. The van der Waals surface area contributed by atoms with E-state index in [4.69, 9.17) is 13.9 Å². The molecule has 200 valence electrons. The maximum Gasteiger partial charge on any atom is 0.192 e. The molecule has 0 aromatic rings. The molecular weight excluding hydrogens is 452 g/mol. The Balaban J connectivity index is 4.63. The van der Waals surface area contributed by atoms with Gasteiger partial charge in [-0.05, 0) is 65.3 Å². The van der Waals surface area contributed by atoms with Gasteiger partial charge in [0.1, 0.15) is 0 Å². The van der Waals surface area contributed by atoms with E-state index in [1.807, 2.05) is 14.1 Å². The second kappa shape index (κ2) is 15.3. The third-order valence-electron chi connectivity index (χ3n) is 7.45. The number of hydrogen-bond acceptors (Lipinski definition) is 7. The summed E-state index contributed by atoms with van der Waals surface area (Å²) in [7, 11) is -0.0184. The number of likely N-dealkylation sites (N-methyl/N-ethyl adjacent to an activating group) is 2. The lowest BCUT2D eigenvalue weighted by Crippen LogP contribution is -2.59. The van der Waals surface area contributed by atoms with Gasteiger partial charge in [0.15, 0.2) is 8.32 Å². The smallest absolute Gasteiger partial charge is 0.192 e. The van der Waals surface area contributed by atoms with Crippen LogP contribution in [0.3, 0.4) is 0 Å². The van der Waals surface area contributed by atoms with Crippen LogP contribution in [-0.4, -0.2) is 97.6 Å². The second-order valence-electron chi connectivity index (χ2n) is 11.7. The lowest BCUT2D eigenvalue weighted by Gasteiger charge is -2.50. The van der Waals surface area contributed by atoms with Gasteiger partial charge in [-0.25, -0.2) is 0 Å². The Morgan fingerprint density at radius 1 is 0.788 bits per heavy atom. The average molecular weight is 509 g/mol. The van der Waals surface area contributed by atoms with Crippen molar-refractivity contribution in [2.24, 2.45) is 0 Å². The first kappa shape index (κ1) is 33.2. The van der Waals surface area contributed by atoms with Gasteiger partial charge in [-0.1, -0.05) is 33.0 Å². The Hall–Kier alpha value is 0.154. The number of hydrogen-bond donors (Lipinski definition) is 4. The predicted molar refractivity (Wildman–Crippen MR) is 144 cm³/mol. The van der Waals surface area contributed by atoms with Gasteiger partial charge in [0.05, 0.1) is 33.5 Å². The summed E-state index contributed by atoms with van der Waals surface area (Å²) in [6.45, 7) is 22.0. The highest BCUT2D eigenvalue weighted by molar-refractivity contribution is 6.82. The fourth-order valence-electron chi connectivity index (χ4n) is 3.78. The lowest BCUT2D eigenvalue weighted by atomic mass is 10.1. The minimum Gasteiger partial charge on any atom is -0.415 e. The molecule has 0 saturated carbocycles. The van der Waals surface area contributed by atoms with E-state index < -0.39 is 28.6 Å². The van der Waals surface area contributed by atoms with Crippen LogP contribution in [0.15, 0.2) is 0 Å². The van der Waals surface area contributed by atoms with Gasteiger partial charge in [-0.15, -0.1) is 0 Å². The Kier molecular flexibility index (Phi) is 15.4. The van der Waals surface area contributed by atoms with Crippen molar-refractivity contribution in [1.29, 1.82) is 0 Å². The van der Waals surface area contributed by atoms with E-state index in [1.165, 1.54) is 0 Å². The standard InChI is InChI=1S/C24H56N2O5Si2/c1-23(2,13-11-14-29-19-21(27)17-25-5)33(9,10)31-24(3,4)32(7,8)16-12-15-30-20-22(28)18-26-6/h21-22,25-28H,11-20H2,1-10H3. The van der Waals surface area contributed by atoms with Crippen LogP contribution in [0.1, 0.15) is 47.0 Å². The van der Waals surface area contributed by atoms with Crippen LogP contribution in [-0.2, 0) is 13.9 Å². The van der Waals surface area contributed by atoms with Crippen molar-refractivity contribution in [3.05, 3.63) is 0 Å². The van der Waals surface area contributed by atoms with Crippen LogP contribution >= 0.6 is 0 Å². The zero-order valence-electron chi connectivity index (χ0n) is 23.3. The van der Waals surface area contributed by atoms with Crippen LogP contribution in [0.2, 0.25) is 37.3 Å². The molecule has 0 saturated heterocycles. The summed E-state index contributed by atoms with van der Waals surface area (Å²) >= 11 is 0. The number of rotatable bonds is 20. The van der Waals surface area contributed by atoms with Crippen LogP contribution in [0.4, 0.5) is 0 Å². The zero-order chi connectivity index (χ0) is 25.8. The van der Waals surface area contributed by atoms with Gasteiger partial charge in [0.2, 0.25) is 0 Å². The fourth-order valence-corrected chi connectivity index (χ4v) is 9.61. The highest BCUT2D eigenvalue weighted by Gasteiger charge is 2.48. The Labute approximate surface area is 206 Å². The SMILES string of the molecule is CNCC(O)COCCCC(C)(C)[Si](C)(C)OC(C)(C)[Si](C)(C)CCCOCC(O)CNC. The van der Waals surface area contributed by atoms with Crippen molar-refractivity contribution < 1.29 is 24.1 Å². The average Bonchev–Trinajstić information content (AvgIpc) is 2.66. The van der Waals surface area contributed by atoms with Gasteiger partial charge in [-0.3, -0.25) is 0 Å². The minimum atomic E-state index is -2.00. The molecule has 33 heavy (non-hydrogen) atoms. The molecule has 2 atom stereocenters. The summed E-state index contributed by atoms with van der Waals surface area (Å²) < 4.78 is 18.4. The van der Waals surface area contributed by atoms with E-state index in [2.05, 4.69) is 64.5 Å². The molecule has 7 nitrogen and oxygen atoms in total. The first-order chi connectivity index (χ1) is 15.1. The first-order valence-electron chi connectivity index (χ1n) is 12.6. The summed E-state index contributed by atoms with van der Waals surface area (Å²) in [5.41, 5.74) is 0. The van der Waals surface area contributed by atoms with Crippen LogP contribution in [0, 0.1) is 0 Å². The normalized spacial score (nSPS) is 15.6. The molecule has 0 rings (SSSR count). The van der Waals surface area contributed by atoms with Crippen LogP contribution in [0.5, 0.6) is 0 Å². The summed E-state index contributed by atoms with van der Waals surface area (Å²) in [6.07, 6.45) is 2.12. The number of aliphatic hydroxyl groups excluding tert-OH is 2. The van der Waals surface area contributed by atoms with Gasteiger partial charge >= 0.3 is 0 Å². The first-order valence-corrected chi connectivity index (χ1v) is 18.7. The summed E-state index contributed by atoms with van der Waals surface area (Å²) in [5, 5.41) is 25.4. The minimum absolute atomic E-state index is 0.119. The Morgan fingerprint density at radius 3 is 1.70 bits per heavy atom. The summed E-state index contributed by atoms with van der Waals surface area (Å²) in [4.78, 5) is 0. The lowest BCUT2D eigenvalue weighted by molar-refractivity contribution is 0.0354. The van der Waals surface area contributed by atoms with Gasteiger partial charge in [-0.2, -0.15) is 0 Å². The van der Waals surface area contributed by atoms with E-state index in [9.17, 15) is 10.2 Å². The van der Waals surface area contributed by atoms with Gasteiger partial charge in [0, 0.05) is 31.5 Å². The van der Waals surface area contributed by atoms with Crippen molar-refractivity contribution in [2.75, 3.05) is 53.6 Å². The number of ether oxygens (including phenoxy) is 2. The molecule has 0 aromatic carbocycles. The zero-order valence-corrected chi connectivity index (χ0v) is 25.3. The fraction of sp³-hybridized carbons (Fsp3) is 1.00. The molecule has 0 fully saturated rings. The molecule has 0 radical (unpaired) electrons. The largest absolute Gasteiger partial charge is 0.415 e. The molecule has 0 bridgehead atoms. The monoisotopic (exact) mass is 508 g/mol. The third kappa shape index (κ3) is 12.6. The molecule has 4 N–H and O–H groups in total. The molecule has 0 aromatic heterocycles. The molecule has 0 aliphatic rings. The maximum atomic E-state index is 9.76. The van der Waals surface area contributed by atoms with E-state index >= 15 is 0 Å². The molecule has 0 heterocycles. The molecular formula is C24H56N2O5Si2. The van der Waals surface area contributed by atoms with Gasteiger partial charge < -0.3 is 34.7 Å². The van der Waals surface area contributed by atoms with Crippen LogP contribution in [0.25, 0.3) is 0 Å². The van der Waals surface area contributed by atoms with E-state index in [0.717, 1.165) is 25.3 Å². The highest BCUT2D eigenvalue weighted by atomic mass is 28.4. The van der Waals surface area contributed by atoms with Crippen molar-refractivity contribution in [1.82, 2.24) is 10.6 Å². The van der Waals surface area contributed by atoms with Crippen LogP contribution < -0.4 is 10.6 Å².